The molecule has 0 heterocycles. The molecule has 2 N–H and O–H groups in total. The Hall–Kier alpha value is -0.610. The molecule has 0 radical (unpaired) electrons. The minimum atomic E-state index is -0.664. The molecule has 0 spiro atoms. The maximum atomic E-state index is 12.1. The zero-order valence-corrected chi connectivity index (χ0v) is 12.4. The Morgan fingerprint density at radius 2 is 1.78 bits per heavy atom. The predicted octanol–water partition coefficient (Wildman–Crippen LogP) is 1.98. The molecule has 0 aliphatic heterocycles. The summed E-state index contributed by atoms with van der Waals surface area (Å²) in [5.41, 5.74) is 0. The van der Waals surface area contributed by atoms with Crippen molar-refractivity contribution < 1.29 is 9.90 Å². The number of hydrogen-bond donors (Lipinski definition) is 2. The molecular weight excluding hydrogens is 228 g/mol. The highest BCUT2D eigenvalue weighted by Crippen LogP contribution is 2.16. The van der Waals surface area contributed by atoms with Crippen LogP contribution in [0.1, 0.15) is 53.4 Å². The van der Waals surface area contributed by atoms with Crippen molar-refractivity contribution in [2.45, 2.75) is 59.6 Å². The Bertz CT molecular complexity index is 218. The number of nitrogens with one attached hydrogen (secondary N) is 1. The summed E-state index contributed by atoms with van der Waals surface area (Å²) in [4.78, 5) is 14.0. The largest absolute Gasteiger partial charge is 0.378 e. The number of aliphatic hydroxyl groups is 1. The van der Waals surface area contributed by atoms with Crippen LogP contribution >= 0.6 is 0 Å². The lowest BCUT2D eigenvalue weighted by molar-refractivity contribution is -0.135. The Balaban J connectivity index is 4.58. The average Bonchev–Trinajstić information content (AvgIpc) is 2.38. The van der Waals surface area contributed by atoms with Crippen LogP contribution in [0.3, 0.4) is 0 Å². The predicted molar refractivity (Wildman–Crippen MR) is 75.2 cm³/mol. The van der Waals surface area contributed by atoms with E-state index in [9.17, 15) is 9.90 Å². The topological polar surface area (TPSA) is 52.6 Å². The van der Waals surface area contributed by atoms with E-state index in [1.54, 1.807) is 0 Å². The van der Waals surface area contributed by atoms with Crippen LogP contribution in [0.5, 0.6) is 0 Å². The van der Waals surface area contributed by atoms with E-state index in [0.29, 0.717) is 6.54 Å². The summed E-state index contributed by atoms with van der Waals surface area (Å²) in [6, 6.07) is 0. The molecule has 0 saturated heterocycles. The first kappa shape index (κ1) is 17.4. The van der Waals surface area contributed by atoms with Gasteiger partial charge in [0.2, 0.25) is 5.91 Å². The number of amides is 1. The van der Waals surface area contributed by atoms with Gasteiger partial charge in [0.15, 0.2) is 0 Å². The number of carbonyl (C=O) groups is 1. The van der Waals surface area contributed by atoms with Gasteiger partial charge in [-0.2, -0.15) is 0 Å². The van der Waals surface area contributed by atoms with Crippen molar-refractivity contribution in [2.24, 2.45) is 5.92 Å². The second-order valence-corrected chi connectivity index (χ2v) is 4.67. The van der Waals surface area contributed by atoms with Gasteiger partial charge < -0.3 is 10.4 Å². The van der Waals surface area contributed by atoms with Gasteiger partial charge in [-0.05, 0) is 25.9 Å². The second kappa shape index (κ2) is 10.3. The molecule has 4 nitrogen and oxygen atoms in total. The van der Waals surface area contributed by atoms with E-state index in [1.165, 1.54) is 0 Å². The van der Waals surface area contributed by atoms with Gasteiger partial charge in [0, 0.05) is 6.54 Å². The Labute approximate surface area is 112 Å². The van der Waals surface area contributed by atoms with Crippen molar-refractivity contribution in [2.75, 3.05) is 19.6 Å². The zero-order chi connectivity index (χ0) is 14.0. The first-order chi connectivity index (χ1) is 8.62. The Morgan fingerprint density at radius 3 is 2.22 bits per heavy atom. The Kier molecular flexibility index (Phi) is 9.98. The lowest BCUT2D eigenvalue weighted by atomic mass is 9.98. The van der Waals surface area contributed by atoms with Crippen LogP contribution in [0, 0.1) is 5.92 Å². The fraction of sp³-hybridized carbons (Fsp3) is 0.929. The van der Waals surface area contributed by atoms with E-state index in [2.05, 4.69) is 12.2 Å². The lowest BCUT2D eigenvalue weighted by Gasteiger charge is -2.31. The van der Waals surface area contributed by atoms with Crippen molar-refractivity contribution >= 4 is 5.91 Å². The molecule has 1 amide bonds. The van der Waals surface area contributed by atoms with Crippen molar-refractivity contribution in [1.29, 1.82) is 0 Å². The van der Waals surface area contributed by atoms with Crippen LogP contribution in [0.4, 0.5) is 0 Å². The Morgan fingerprint density at radius 1 is 1.17 bits per heavy atom. The molecule has 0 saturated carbocycles. The molecule has 0 bridgehead atoms. The van der Waals surface area contributed by atoms with E-state index < -0.39 is 6.23 Å². The maximum absolute atomic E-state index is 12.1. The fourth-order valence-electron chi connectivity index (χ4n) is 2.07. The van der Waals surface area contributed by atoms with Crippen LogP contribution in [0.15, 0.2) is 0 Å². The normalized spacial score (nSPS) is 14.6. The number of aliphatic hydroxyl groups excluding tert-OH is 1. The summed E-state index contributed by atoms with van der Waals surface area (Å²) < 4.78 is 0. The summed E-state index contributed by atoms with van der Waals surface area (Å²) in [6.07, 6.45) is 3.03. The molecule has 2 atom stereocenters. The van der Waals surface area contributed by atoms with Crippen LogP contribution < -0.4 is 5.32 Å². The average molecular weight is 258 g/mol. The minimum Gasteiger partial charge on any atom is -0.378 e. The van der Waals surface area contributed by atoms with E-state index >= 15 is 0 Å². The maximum Gasteiger partial charge on any atom is 0.227 e. The lowest BCUT2D eigenvalue weighted by Crippen LogP contribution is -2.47. The molecule has 0 aromatic heterocycles. The van der Waals surface area contributed by atoms with E-state index in [-0.39, 0.29) is 11.8 Å². The van der Waals surface area contributed by atoms with Crippen LogP contribution in [0.2, 0.25) is 0 Å². The van der Waals surface area contributed by atoms with Gasteiger partial charge in [0.25, 0.3) is 0 Å². The molecule has 0 aliphatic rings. The summed E-state index contributed by atoms with van der Waals surface area (Å²) in [6.45, 7) is 10.4. The summed E-state index contributed by atoms with van der Waals surface area (Å²) in [5, 5.41) is 13.2. The van der Waals surface area contributed by atoms with Crippen LogP contribution in [-0.2, 0) is 4.79 Å². The fourth-order valence-corrected chi connectivity index (χ4v) is 2.07. The van der Waals surface area contributed by atoms with Gasteiger partial charge >= 0.3 is 0 Å². The molecule has 0 aromatic rings. The summed E-state index contributed by atoms with van der Waals surface area (Å²) in [7, 11) is 0. The smallest absolute Gasteiger partial charge is 0.227 e. The first-order valence-electron chi connectivity index (χ1n) is 7.32. The van der Waals surface area contributed by atoms with Gasteiger partial charge in [0.05, 0.1) is 5.92 Å². The van der Waals surface area contributed by atoms with Gasteiger partial charge in [-0.1, -0.05) is 40.5 Å². The number of carbonyl (C=O) groups excluding carboxylic acids is 1. The second-order valence-electron chi connectivity index (χ2n) is 4.67. The monoisotopic (exact) mass is 258 g/mol. The SMILES string of the molecule is CCCCC(C(=O)NCCC)C(O)N(CC)CC. The standard InChI is InChI=1S/C14H30N2O2/c1-5-9-10-12(13(17)15-11-6-2)14(18)16(7-3)8-4/h12,14,18H,5-11H2,1-4H3,(H,15,17). The number of nitrogens with zero attached hydrogens (tertiary/aromatic N) is 1. The highest BCUT2D eigenvalue weighted by Gasteiger charge is 2.29. The highest BCUT2D eigenvalue weighted by atomic mass is 16.3. The number of hydrogen-bond acceptors (Lipinski definition) is 3. The summed E-state index contributed by atoms with van der Waals surface area (Å²) in [5.74, 6) is -0.318. The molecular formula is C14H30N2O2. The van der Waals surface area contributed by atoms with Crippen molar-refractivity contribution in [3.8, 4) is 0 Å². The molecule has 0 fully saturated rings. The molecule has 0 aromatic carbocycles. The van der Waals surface area contributed by atoms with E-state index in [4.69, 9.17) is 0 Å². The van der Waals surface area contributed by atoms with Gasteiger partial charge in [-0.15, -0.1) is 0 Å². The van der Waals surface area contributed by atoms with E-state index in [1.807, 2.05) is 25.7 Å². The van der Waals surface area contributed by atoms with Crippen molar-refractivity contribution in [3.05, 3.63) is 0 Å². The van der Waals surface area contributed by atoms with Crippen molar-refractivity contribution in [1.82, 2.24) is 10.2 Å². The molecule has 2 unspecified atom stereocenters. The van der Waals surface area contributed by atoms with Gasteiger partial charge in [0.1, 0.15) is 6.23 Å². The molecule has 18 heavy (non-hydrogen) atoms. The number of unbranched alkanes of at least 4 members (excludes halogenated alkanes) is 1. The van der Waals surface area contributed by atoms with Crippen LogP contribution in [0.25, 0.3) is 0 Å². The summed E-state index contributed by atoms with van der Waals surface area (Å²) >= 11 is 0. The quantitative estimate of drug-likeness (QED) is 0.589. The van der Waals surface area contributed by atoms with Crippen molar-refractivity contribution in [3.63, 3.8) is 0 Å². The van der Waals surface area contributed by atoms with Crippen LogP contribution in [-0.4, -0.2) is 41.8 Å². The van der Waals surface area contributed by atoms with Gasteiger partial charge in [-0.25, -0.2) is 0 Å². The number of rotatable bonds is 10. The third-order valence-corrected chi connectivity index (χ3v) is 3.30. The molecule has 4 heteroatoms. The molecule has 0 aliphatic carbocycles. The molecule has 108 valence electrons. The molecule has 0 rings (SSSR count). The zero-order valence-electron chi connectivity index (χ0n) is 12.4. The third kappa shape index (κ3) is 5.83. The van der Waals surface area contributed by atoms with E-state index in [0.717, 1.165) is 38.8 Å². The highest BCUT2D eigenvalue weighted by molar-refractivity contribution is 5.79. The first-order valence-corrected chi connectivity index (χ1v) is 7.32. The third-order valence-electron chi connectivity index (χ3n) is 3.30. The van der Waals surface area contributed by atoms with Gasteiger partial charge in [-0.3, -0.25) is 9.69 Å². The minimum absolute atomic E-state index is 0.00954.